The number of thiophene rings is 1. The first-order valence-electron chi connectivity index (χ1n) is 5.23. The molecule has 0 fully saturated rings. The van der Waals surface area contributed by atoms with Gasteiger partial charge in [-0.1, -0.05) is 0 Å². The van der Waals surface area contributed by atoms with Crippen LogP contribution in [0.4, 0.5) is 14.5 Å². The standard InChI is InChI=1S/C12H7BrF2N2O2S/c13-9-6(14)3-5(4-7(9)15)12(19)17-8-1-2-20-10(8)11(16)18/h1-4H,(H2,16,18)(H,17,19). The van der Waals surface area contributed by atoms with Crippen LogP contribution in [0.25, 0.3) is 0 Å². The highest BCUT2D eigenvalue weighted by molar-refractivity contribution is 9.10. The van der Waals surface area contributed by atoms with Gasteiger partial charge in [0, 0.05) is 5.56 Å². The van der Waals surface area contributed by atoms with Crippen LogP contribution < -0.4 is 11.1 Å². The highest BCUT2D eigenvalue weighted by Crippen LogP contribution is 2.24. The van der Waals surface area contributed by atoms with Crippen molar-refractivity contribution in [1.82, 2.24) is 0 Å². The highest BCUT2D eigenvalue weighted by Gasteiger charge is 2.16. The van der Waals surface area contributed by atoms with Gasteiger partial charge in [0.25, 0.3) is 11.8 Å². The number of rotatable bonds is 3. The molecule has 3 N–H and O–H groups in total. The topological polar surface area (TPSA) is 72.2 Å². The number of hydrogen-bond acceptors (Lipinski definition) is 3. The van der Waals surface area contributed by atoms with E-state index >= 15 is 0 Å². The predicted molar refractivity (Wildman–Crippen MR) is 74.8 cm³/mol. The van der Waals surface area contributed by atoms with E-state index in [1.54, 1.807) is 5.38 Å². The quantitative estimate of drug-likeness (QED) is 0.825. The van der Waals surface area contributed by atoms with Crippen molar-refractivity contribution in [1.29, 1.82) is 0 Å². The Morgan fingerprint density at radius 2 is 1.85 bits per heavy atom. The molecule has 0 atom stereocenters. The summed E-state index contributed by atoms with van der Waals surface area (Å²) in [7, 11) is 0. The summed E-state index contributed by atoms with van der Waals surface area (Å²) >= 11 is 3.77. The van der Waals surface area contributed by atoms with Gasteiger partial charge in [0.2, 0.25) is 0 Å². The number of carbonyl (C=O) groups excluding carboxylic acids is 2. The molecular formula is C12H7BrF2N2O2S. The summed E-state index contributed by atoms with van der Waals surface area (Å²) in [4.78, 5) is 23.2. The Hall–Kier alpha value is -1.80. The van der Waals surface area contributed by atoms with Crippen molar-refractivity contribution in [3.8, 4) is 0 Å². The summed E-state index contributed by atoms with van der Waals surface area (Å²) in [5.74, 6) is -3.22. The second-order valence-corrected chi connectivity index (χ2v) is 5.44. The van der Waals surface area contributed by atoms with Gasteiger partial charge in [-0.2, -0.15) is 0 Å². The number of amides is 2. The first kappa shape index (κ1) is 14.6. The van der Waals surface area contributed by atoms with Crippen molar-refractivity contribution in [2.24, 2.45) is 5.73 Å². The van der Waals surface area contributed by atoms with Crippen LogP contribution in [-0.4, -0.2) is 11.8 Å². The average molecular weight is 361 g/mol. The van der Waals surface area contributed by atoms with Gasteiger partial charge in [-0.15, -0.1) is 11.3 Å². The first-order valence-corrected chi connectivity index (χ1v) is 6.90. The third-order valence-corrected chi connectivity index (χ3v) is 4.07. The number of carbonyl (C=O) groups is 2. The van der Waals surface area contributed by atoms with Gasteiger partial charge in [0.15, 0.2) is 0 Å². The second kappa shape index (κ2) is 5.68. The van der Waals surface area contributed by atoms with Crippen molar-refractivity contribution in [3.05, 3.63) is 50.1 Å². The van der Waals surface area contributed by atoms with Gasteiger partial charge < -0.3 is 11.1 Å². The van der Waals surface area contributed by atoms with Crippen LogP contribution in [0.1, 0.15) is 20.0 Å². The summed E-state index contributed by atoms with van der Waals surface area (Å²) in [6, 6.07) is 3.26. The number of benzene rings is 1. The van der Waals surface area contributed by atoms with E-state index in [0.29, 0.717) is 0 Å². The van der Waals surface area contributed by atoms with Crippen LogP contribution in [0.3, 0.4) is 0 Å². The summed E-state index contributed by atoms with van der Waals surface area (Å²) in [6.07, 6.45) is 0. The van der Waals surface area contributed by atoms with Gasteiger partial charge in [-0.25, -0.2) is 8.78 Å². The third-order valence-electron chi connectivity index (χ3n) is 2.38. The molecule has 20 heavy (non-hydrogen) atoms. The molecule has 0 bridgehead atoms. The molecule has 2 amide bonds. The van der Waals surface area contributed by atoms with Gasteiger partial charge in [-0.05, 0) is 39.5 Å². The zero-order valence-corrected chi connectivity index (χ0v) is 12.1. The highest BCUT2D eigenvalue weighted by atomic mass is 79.9. The largest absolute Gasteiger partial charge is 0.365 e. The lowest BCUT2D eigenvalue weighted by molar-refractivity contribution is 0.100. The summed E-state index contributed by atoms with van der Waals surface area (Å²) < 4.78 is 26.4. The van der Waals surface area contributed by atoms with E-state index < -0.39 is 23.4 Å². The number of nitrogens with one attached hydrogen (secondary N) is 1. The van der Waals surface area contributed by atoms with Crippen LogP contribution in [0.2, 0.25) is 0 Å². The van der Waals surface area contributed by atoms with Crippen molar-refractivity contribution < 1.29 is 18.4 Å². The minimum absolute atomic E-state index is 0.163. The molecule has 0 aliphatic heterocycles. The van der Waals surface area contributed by atoms with Crippen molar-refractivity contribution in [2.75, 3.05) is 5.32 Å². The molecule has 2 aromatic rings. The van der Waals surface area contributed by atoms with Crippen LogP contribution in [0.15, 0.2) is 28.1 Å². The van der Waals surface area contributed by atoms with E-state index in [0.717, 1.165) is 23.5 Å². The maximum absolute atomic E-state index is 13.3. The third kappa shape index (κ3) is 2.86. The van der Waals surface area contributed by atoms with Gasteiger partial charge in [0.1, 0.15) is 16.5 Å². The maximum Gasteiger partial charge on any atom is 0.260 e. The number of primary amides is 1. The average Bonchev–Trinajstić information content (AvgIpc) is 2.83. The number of hydrogen-bond donors (Lipinski definition) is 2. The van der Waals surface area contributed by atoms with E-state index in [-0.39, 0.29) is 20.6 Å². The molecule has 0 saturated heterocycles. The fraction of sp³-hybridized carbons (Fsp3) is 0. The lowest BCUT2D eigenvalue weighted by atomic mass is 10.2. The zero-order valence-electron chi connectivity index (χ0n) is 9.75. The SMILES string of the molecule is NC(=O)c1sccc1NC(=O)c1cc(F)c(Br)c(F)c1. The molecule has 0 unspecified atom stereocenters. The first-order chi connectivity index (χ1) is 9.40. The molecule has 0 radical (unpaired) electrons. The van der Waals surface area contributed by atoms with E-state index in [1.165, 1.54) is 6.07 Å². The number of nitrogens with two attached hydrogens (primary N) is 1. The molecule has 8 heteroatoms. The summed E-state index contributed by atoms with van der Waals surface area (Å²) in [5, 5.41) is 3.95. The zero-order chi connectivity index (χ0) is 14.9. The Kier molecular flexibility index (Phi) is 4.15. The Labute approximate surface area is 124 Å². The fourth-order valence-electron chi connectivity index (χ4n) is 1.48. The molecule has 1 aromatic carbocycles. The van der Waals surface area contributed by atoms with E-state index in [2.05, 4.69) is 21.2 Å². The minimum atomic E-state index is -0.893. The molecule has 0 spiro atoms. The smallest absolute Gasteiger partial charge is 0.260 e. The molecule has 1 heterocycles. The lowest BCUT2D eigenvalue weighted by Gasteiger charge is -2.06. The van der Waals surface area contributed by atoms with E-state index in [9.17, 15) is 18.4 Å². The Bertz CT molecular complexity index is 680. The molecule has 1 aromatic heterocycles. The second-order valence-electron chi connectivity index (χ2n) is 3.74. The van der Waals surface area contributed by atoms with Gasteiger partial charge >= 0.3 is 0 Å². The van der Waals surface area contributed by atoms with Crippen molar-refractivity contribution >= 4 is 44.8 Å². The molecule has 0 aliphatic rings. The van der Waals surface area contributed by atoms with Crippen molar-refractivity contribution in [2.45, 2.75) is 0 Å². The van der Waals surface area contributed by atoms with E-state index in [4.69, 9.17) is 5.73 Å². The molecule has 2 rings (SSSR count). The Balaban J connectivity index is 2.29. The monoisotopic (exact) mass is 360 g/mol. The lowest BCUT2D eigenvalue weighted by Crippen LogP contribution is -2.16. The van der Waals surface area contributed by atoms with Crippen LogP contribution in [0, 0.1) is 11.6 Å². The molecular weight excluding hydrogens is 354 g/mol. The summed E-state index contributed by atoms with van der Waals surface area (Å²) in [6.45, 7) is 0. The normalized spacial score (nSPS) is 10.3. The van der Waals surface area contributed by atoms with Crippen LogP contribution >= 0.6 is 27.3 Å². The molecule has 0 aliphatic carbocycles. The van der Waals surface area contributed by atoms with Gasteiger partial charge in [0.05, 0.1) is 10.2 Å². The number of anilines is 1. The maximum atomic E-state index is 13.3. The Morgan fingerprint density at radius 3 is 2.40 bits per heavy atom. The molecule has 0 saturated carbocycles. The summed E-state index contributed by atoms with van der Waals surface area (Å²) in [5.41, 5.74) is 5.14. The Morgan fingerprint density at radius 1 is 1.25 bits per heavy atom. The molecule has 104 valence electrons. The number of halogens is 3. The predicted octanol–water partition coefficient (Wildman–Crippen LogP) is 3.14. The minimum Gasteiger partial charge on any atom is -0.365 e. The van der Waals surface area contributed by atoms with Crippen molar-refractivity contribution in [3.63, 3.8) is 0 Å². The fourth-order valence-corrected chi connectivity index (χ4v) is 2.41. The molecule has 4 nitrogen and oxygen atoms in total. The van der Waals surface area contributed by atoms with Crippen LogP contribution in [0.5, 0.6) is 0 Å². The van der Waals surface area contributed by atoms with Gasteiger partial charge in [-0.3, -0.25) is 9.59 Å². The van der Waals surface area contributed by atoms with E-state index in [1.807, 2.05) is 0 Å². The van der Waals surface area contributed by atoms with Crippen LogP contribution in [-0.2, 0) is 0 Å².